The van der Waals surface area contributed by atoms with E-state index in [0.717, 1.165) is 55.5 Å². The Morgan fingerprint density at radius 3 is 2.41 bits per heavy atom. The molecule has 1 fully saturated rings. The smallest absolute Gasteiger partial charge is 0.270 e. The third-order valence-corrected chi connectivity index (χ3v) is 6.80. The molecule has 0 spiro atoms. The second-order valence-electron chi connectivity index (χ2n) is 9.94. The van der Waals surface area contributed by atoms with Crippen LogP contribution >= 0.6 is 0 Å². The van der Waals surface area contributed by atoms with E-state index >= 15 is 0 Å². The highest BCUT2D eigenvalue weighted by atomic mass is 16.6. The third kappa shape index (κ3) is 5.99. The summed E-state index contributed by atoms with van der Waals surface area (Å²) in [5, 5.41) is 16.3. The Morgan fingerprint density at radius 1 is 1.08 bits per heavy atom. The minimum atomic E-state index is -0.467. The fraction of sp³-hybridized carbons (Fsp3) is 0.429. The average Bonchev–Trinajstić information content (AvgIpc) is 3.23. The van der Waals surface area contributed by atoms with Gasteiger partial charge in [0.15, 0.2) is 0 Å². The number of non-ortho nitro benzene ring substituents is 1. The number of nitrogens with zero attached hydrogens (tertiary/aromatic N) is 6. The Labute approximate surface area is 218 Å². The van der Waals surface area contributed by atoms with Gasteiger partial charge in [0.25, 0.3) is 11.6 Å². The van der Waals surface area contributed by atoms with E-state index in [1.54, 1.807) is 17.0 Å². The van der Waals surface area contributed by atoms with Crippen molar-refractivity contribution in [1.29, 1.82) is 0 Å². The van der Waals surface area contributed by atoms with Crippen molar-refractivity contribution in [3.8, 4) is 5.69 Å². The zero-order valence-corrected chi connectivity index (χ0v) is 22.1. The van der Waals surface area contributed by atoms with Crippen LogP contribution in [0.25, 0.3) is 5.69 Å². The predicted molar refractivity (Wildman–Crippen MR) is 145 cm³/mol. The molecule has 196 valence electrons. The van der Waals surface area contributed by atoms with Crippen molar-refractivity contribution >= 4 is 17.4 Å². The molecular formula is C28H36N6O3. The number of hydrogen-bond donors (Lipinski definition) is 0. The van der Waals surface area contributed by atoms with Crippen LogP contribution in [0.5, 0.6) is 0 Å². The normalized spacial score (nSPS) is 14.2. The van der Waals surface area contributed by atoms with Gasteiger partial charge in [-0.05, 0) is 37.6 Å². The van der Waals surface area contributed by atoms with Crippen LogP contribution in [-0.4, -0.2) is 69.7 Å². The minimum absolute atomic E-state index is 0.0853. The van der Waals surface area contributed by atoms with E-state index in [9.17, 15) is 14.9 Å². The molecule has 1 saturated heterocycles. The summed E-state index contributed by atoms with van der Waals surface area (Å²) in [4.78, 5) is 31.1. The molecule has 1 amide bonds. The second-order valence-corrected chi connectivity index (χ2v) is 9.94. The number of likely N-dealkylation sites (N-methyl/N-ethyl adjacent to an activating group) is 1. The lowest BCUT2D eigenvalue weighted by Crippen LogP contribution is -2.47. The number of amides is 1. The zero-order chi connectivity index (χ0) is 26.5. The molecule has 0 N–H and O–H groups in total. The summed E-state index contributed by atoms with van der Waals surface area (Å²) in [6.07, 6.45) is 0. The van der Waals surface area contributed by atoms with Crippen molar-refractivity contribution < 1.29 is 9.72 Å². The van der Waals surface area contributed by atoms with Crippen molar-refractivity contribution in [3.05, 3.63) is 81.5 Å². The van der Waals surface area contributed by atoms with Crippen molar-refractivity contribution in [3.63, 3.8) is 0 Å². The van der Waals surface area contributed by atoms with Crippen LogP contribution in [0, 0.1) is 23.0 Å². The number of hydrogen-bond acceptors (Lipinski definition) is 6. The molecule has 0 unspecified atom stereocenters. The number of carbonyl (C=O) groups is 1. The van der Waals surface area contributed by atoms with Crippen LogP contribution in [-0.2, 0) is 6.54 Å². The van der Waals surface area contributed by atoms with Crippen molar-refractivity contribution in [1.82, 2.24) is 19.6 Å². The summed E-state index contributed by atoms with van der Waals surface area (Å²) in [5.74, 6) is 1.02. The van der Waals surface area contributed by atoms with Gasteiger partial charge in [-0.15, -0.1) is 0 Å². The van der Waals surface area contributed by atoms with Crippen LogP contribution < -0.4 is 4.90 Å². The van der Waals surface area contributed by atoms with E-state index in [-0.39, 0.29) is 17.5 Å². The first-order valence-corrected chi connectivity index (χ1v) is 12.9. The number of carbonyl (C=O) groups excluding carboxylic acids is 1. The van der Waals surface area contributed by atoms with E-state index in [4.69, 9.17) is 5.10 Å². The fourth-order valence-electron chi connectivity index (χ4n) is 4.87. The lowest BCUT2D eigenvalue weighted by molar-refractivity contribution is -0.384. The predicted octanol–water partition coefficient (Wildman–Crippen LogP) is 4.53. The molecule has 3 aromatic rings. The zero-order valence-electron chi connectivity index (χ0n) is 22.1. The van der Waals surface area contributed by atoms with Gasteiger partial charge in [-0.3, -0.25) is 14.9 Å². The third-order valence-electron chi connectivity index (χ3n) is 6.80. The van der Waals surface area contributed by atoms with Gasteiger partial charge in [0.2, 0.25) is 0 Å². The number of aryl methyl sites for hydroxylation is 1. The second kappa shape index (κ2) is 11.6. The van der Waals surface area contributed by atoms with Crippen molar-refractivity contribution in [2.24, 2.45) is 5.92 Å². The molecular weight excluding hydrogens is 468 g/mol. The Hall–Kier alpha value is -3.72. The maximum Gasteiger partial charge on any atom is 0.270 e. The number of para-hydroxylation sites is 1. The molecule has 0 bridgehead atoms. The SMILES string of the molecule is CCN1CCN(c2c(CN(CC(C)C)C(=O)c3cccc([N+](=O)[O-])c3)c(C)nn2-c2ccccc2)CC1. The Kier molecular flexibility index (Phi) is 8.23. The Balaban J connectivity index is 1.74. The molecule has 0 aliphatic carbocycles. The molecule has 0 radical (unpaired) electrons. The molecule has 2 aromatic carbocycles. The molecule has 1 aliphatic heterocycles. The summed E-state index contributed by atoms with van der Waals surface area (Å²) < 4.78 is 2.00. The number of benzene rings is 2. The van der Waals surface area contributed by atoms with E-state index in [1.165, 1.54) is 12.1 Å². The van der Waals surface area contributed by atoms with E-state index in [0.29, 0.717) is 18.7 Å². The lowest BCUT2D eigenvalue weighted by atomic mass is 10.1. The van der Waals surface area contributed by atoms with Gasteiger partial charge >= 0.3 is 0 Å². The summed E-state index contributed by atoms with van der Waals surface area (Å²) in [5.41, 5.74) is 3.09. The van der Waals surface area contributed by atoms with Gasteiger partial charge in [-0.25, -0.2) is 4.68 Å². The number of nitro groups is 1. The van der Waals surface area contributed by atoms with Gasteiger partial charge in [0.1, 0.15) is 5.82 Å². The highest BCUT2D eigenvalue weighted by molar-refractivity contribution is 5.95. The summed E-state index contributed by atoms with van der Waals surface area (Å²) in [6, 6.07) is 16.1. The molecule has 1 aromatic heterocycles. The number of piperazine rings is 1. The summed E-state index contributed by atoms with van der Waals surface area (Å²) in [6.45, 7) is 13.9. The first-order valence-electron chi connectivity index (χ1n) is 12.9. The number of nitro benzene ring substituents is 1. The minimum Gasteiger partial charge on any atom is -0.354 e. The van der Waals surface area contributed by atoms with Crippen LogP contribution in [0.3, 0.4) is 0 Å². The van der Waals surface area contributed by atoms with Crippen LogP contribution in [0.15, 0.2) is 54.6 Å². The van der Waals surface area contributed by atoms with Crippen LogP contribution in [0.2, 0.25) is 0 Å². The molecule has 2 heterocycles. The highest BCUT2D eigenvalue weighted by Crippen LogP contribution is 2.30. The number of anilines is 1. The largest absolute Gasteiger partial charge is 0.354 e. The molecule has 0 saturated carbocycles. The van der Waals surface area contributed by atoms with Gasteiger partial charge in [-0.1, -0.05) is 45.0 Å². The average molecular weight is 505 g/mol. The molecule has 0 atom stereocenters. The van der Waals surface area contributed by atoms with Crippen LogP contribution in [0.4, 0.5) is 11.5 Å². The standard InChI is InChI=1S/C28H36N6O3/c1-5-30-14-16-31(17-15-30)27-26(22(4)29-33(27)24-11-7-6-8-12-24)20-32(19-21(2)3)28(35)23-10-9-13-25(18-23)34(36)37/h6-13,18,21H,5,14-17,19-20H2,1-4H3. The van der Waals surface area contributed by atoms with E-state index in [1.807, 2.05) is 41.9 Å². The van der Waals surface area contributed by atoms with Crippen molar-refractivity contribution in [2.45, 2.75) is 34.2 Å². The van der Waals surface area contributed by atoms with Gasteiger partial charge in [0, 0.05) is 56.0 Å². The fourth-order valence-corrected chi connectivity index (χ4v) is 4.87. The van der Waals surface area contributed by atoms with Gasteiger partial charge in [-0.2, -0.15) is 5.10 Å². The van der Waals surface area contributed by atoms with E-state index < -0.39 is 4.92 Å². The number of aromatic nitrogens is 2. The molecule has 4 rings (SSSR count). The van der Waals surface area contributed by atoms with Crippen LogP contribution in [0.1, 0.15) is 42.4 Å². The molecule has 9 nitrogen and oxygen atoms in total. The maximum atomic E-state index is 13.7. The Morgan fingerprint density at radius 2 is 1.78 bits per heavy atom. The first-order chi connectivity index (χ1) is 17.8. The molecule has 37 heavy (non-hydrogen) atoms. The van der Waals surface area contributed by atoms with E-state index in [2.05, 4.69) is 30.6 Å². The summed E-state index contributed by atoms with van der Waals surface area (Å²) >= 11 is 0. The maximum absolute atomic E-state index is 13.7. The first kappa shape index (κ1) is 26.3. The Bertz CT molecular complexity index is 1230. The van der Waals surface area contributed by atoms with Gasteiger partial charge < -0.3 is 14.7 Å². The summed E-state index contributed by atoms with van der Waals surface area (Å²) in [7, 11) is 0. The quantitative estimate of drug-likeness (QED) is 0.314. The van der Waals surface area contributed by atoms with Gasteiger partial charge in [0.05, 0.1) is 22.8 Å². The highest BCUT2D eigenvalue weighted by Gasteiger charge is 2.28. The monoisotopic (exact) mass is 504 g/mol. The topological polar surface area (TPSA) is 87.8 Å². The number of rotatable bonds is 9. The lowest BCUT2D eigenvalue weighted by Gasteiger charge is -2.36. The van der Waals surface area contributed by atoms with Crippen molar-refractivity contribution in [2.75, 3.05) is 44.2 Å². The molecule has 1 aliphatic rings. The molecule has 9 heteroatoms.